The van der Waals surface area contributed by atoms with Crippen molar-refractivity contribution in [1.29, 1.82) is 0 Å². The number of ether oxygens (including phenoxy) is 1. The fraction of sp³-hybridized carbons (Fsp3) is 0.0800. The first-order valence-electron chi connectivity index (χ1n) is 10.6. The zero-order chi connectivity index (χ0) is 24.8. The van der Waals surface area contributed by atoms with Gasteiger partial charge in [0.25, 0.3) is 5.91 Å². The predicted molar refractivity (Wildman–Crippen MR) is 131 cm³/mol. The van der Waals surface area contributed by atoms with E-state index < -0.39 is 28.5 Å². The lowest BCUT2D eigenvalue weighted by molar-refractivity contribution is -0.119. The molecule has 4 rings (SSSR count). The largest absolute Gasteiger partial charge is 0.452 e. The standard InChI is InChI=1S/C25H22N4O5S/c1-26-35(32,33)21-14-8-11-19(15-21)25(31)34-17-24(30)27-23-16-22(18-9-4-2-5-10-18)28-29(23)20-12-6-3-7-13-20/h2-16,26H,17H2,1H3,(H,27,30). The molecule has 10 heteroatoms. The molecular weight excluding hydrogens is 468 g/mol. The fourth-order valence-corrected chi connectivity index (χ4v) is 4.06. The maximum absolute atomic E-state index is 12.6. The van der Waals surface area contributed by atoms with Crippen LogP contribution in [0.1, 0.15) is 10.4 Å². The molecule has 0 spiro atoms. The number of sulfonamides is 1. The number of hydrogen-bond acceptors (Lipinski definition) is 6. The first-order valence-corrected chi connectivity index (χ1v) is 12.1. The summed E-state index contributed by atoms with van der Waals surface area (Å²) < 4.78 is 32.8. The van der Waals surface area contributed by atoms with Crippen LogP contribution in [0.4, 0.5) is 5.82 Å². The summed E-state index contributed by atoms with van der Waals surface area (Å²) in [5.74, 6) is -0.998. The third kappa shape index (κ3) is 5.62. The maximum atomic E-state index is 12.6. The van der Waals surface area contributed by atoms with Gasteiger partial charge in [-0.3, -0.25) is 4.79 Å². The van der Waals surface area contributed by atoms with Crippen molar-refractivity contribution >= 4 is 27.7 Å². The van der Waals surface area contributed by atoms with Crippen molar-refractivity contribution in [1.82, 2.24) is 14.5 Å². The monoisotopic (exact) mass is 490 g/mol. The number of benzene rings is 3. The molecule has 2 N–H and O–H groups in total. The van der Waals surface area contributed by atoms with Gasteiger partial charge in [0, 0.05) is 11.6 Å². The highest BCUT2D eigenvalue weighted by molar-refractivity contribution is 7.89. The van der Waals surface area contributed by atoms with E-state index in [4.69, 9.17) is 4.74 Å². The van der Waals surface area contributed by atoms with Crippen LogP contribution in [0.15, 0.2) is 95.9 Å². The van der Waals surface area contributed by atoms with Crippen LogP contribution in [-0.4, -0.2) is 43.7 Å². The van der Waals surface area contributed by atoms with Gasteiger partial charge in [-0.1, -0.05) is 54.6 Å². The lowest BCUT2D eigenvalue weighted by atomic mass is 10.2. The SMILES string of the molecule is CNS(=O)(=O)c1cccc(C(=O)OCC(=O)Nc2cc(-c3ccccc3)nn2-c2ccccc2)c1. The average Bonchev–Trinajstić information content (AvgIpc) is 3.32. The van der Waals surface area contributed by atoms with Crippen LogP contribution < -0.4 is 10.0 Å². The Hall–Kier alpha value is -4.28. The first-order chi connectivity index (χ1) is 16.9. The summed E-state index contributed by atoms with van der Waals surface area (Å²) in [5.41, 5.74) is 2.28. The van der Waals surface area contributed by atoms with E-state index in [9.17, 15) is 18.0 Å². The van der Waals surface area contributed by atoms with Gasteiger partial charge >= 0.3 is 5.97 Å². The molecule has 1 amide bonds. The third-order valence-corrected chi connectivity index (χ3v) is 6.44. The third-order valence-electron chi connectivity index (χ3n) is 5.03. The van der Waals surface area contributed by atoms with Crippen molar-refractivity contribution in [3.05, 3.63) is 96.6 Å². The lowest BCUT2D eigenvalue weighted by Gasteiger charge is -2.10. The van der Waals surface area contributed by atoms with Gasteiger partial charge in [0.2, 0.25) is 10.0 Å². The van der Waals surface area contributed by atoms with Gasteiger partial charge in [-0.15, -0.1) is 0 Å². The molecule has 0 aliphatic carbocycles. The van der Waals surface area contributed by atoms with Gasteiger partial charge < -0.3 is 10.1 Å². The minimum absolute atomic E-state index is 0.00909. The molecule has 1 heterocycles. The van der Waals surface area contributed by atoms with Crippen LogP contribution in [0.3, 0.4) is 0 Å². The number of rotatable bonds is 8. The van der Waals surface area contributed by atoms with Gasteiger partial charge in [-0.05, 0) is 37.4 Å². The smallest absolute Gasteiger partial charge is 0.338 e. The summed E-state index contributed by atoms with van der Waals surface area (Å²) in [6.45, 7) is -0.567. The van der Waals surface area contributed by atoms with Gasteiger partial charge in [-0.2, -0.15) is 5.10 Å². The average molecular weight is 491 g/mol. The lowest BCUT2D eigenvalue weighted by Crippen LogP contribution is -2.23. The van der Waals surface area contributed by atoms with Crippen molar-refractivity contribution in [3.63, 3.8) is 0 Å². The van der Waals surface area contributed by atoms with Crippen molar-refractivity contribution in [2.75, 3.05) is 19.0 Å². The highest BCUT2D eigenvalue weighted by Gasteiger charge is 2.18. The molecule has 3 aromatic carbocycles. The summed E-state index contributed by atoms with van der Waals surface area (Å²) in [4.78, 5) is 24.9. The Morgan fingerprint density at radius 3 is 2.29 bits per heavy atom. The van der Waals surface area contributed by atoms with Crippen LogP contribution in [0.5, 0.6) is 0 Å². The number of carbonyl (C=O) groups excluding carboxylic acids is 2. The number of amides is 1. The quantitative estimate of drug-likeness (QED) is 0.366. The molecule has 4 aromatic rings. The Bertz CT molecular complexity index is 1450. The molecule has 0 bridgehead atoms. The number of esters is 1. The first kappa shape index (κ1) is 23.9. The van der Waals surface area contributed by atoms with Crippen LogP contribution in [0.25, 0.3) is 16.9 Å². The van der Waals surface area contributed by atoms with E-state index in [2.05, 4.69) is 15.1 Å². The van der Waals surface area contributed by atoms with E-state index in [-0.39, 0.29) is 10.5 Å². The predicted octanol–water partition coefficient (Wildman–Crippen LogP) is 3.24. The molecule has 0 unspecified atom stereocenters. The van der Waals surface area contributed by atoms with Crippen LogP contribution in [0, 0.1) is 0 Å². The zero-order valence-electron chi connectivity index (χ0n) is 18.7. The van der Waals surface area contributed by atoms with Crippen molar-refractivity contribution < 1.29 is 22.7 Å². The molecule has 178 valence electrons. The van der Waals surface area contributed by atoms with Crippen LogP contribution in [-0.2, 0) is 19.6 Å². The van der Waals surface area contributed by atoms with Crippen LogP contribution >= 0.6 is 0 Å². The zero-order valence-corrected chi connectivity index (χ0v) is 19.5. The second kappa shape index (κ2) is 10.3. The molecule has 0 atom stereocenters. The van der Waals surface area contributed by atoms with E-state index in [1.54, 1.807) is 10.7 Å². The number of carbonyl (C=O) groups is 2. The minimum atomic E-state index is -3.72. The number of nitrogens with one attached hydrogen (secondary N) is 2. The van der Waals surface area contributed by atoms with Gasteiger partial charge in [0.05, 0.1) is 21.8 Å². The molecule has 0 saturated heterocycles. The highest BCUT2D eigenvalue weighted by atomic mass is 32.2. The molecule has 1 aromatic heterocycles. The van der Waals surface area contributed by atoms with Gasteiger partial charge in [0.1, 0.15) is 5.82 Å². The number of para-hydroxylation sites is 1. The van der Waals surface area contributed by atoms with E-state index in [0.717, 1.165) is 11.3 Å². The Kier molecular flexibility index (Phi) is 7.04. The molecule has 9 nitrogen and oxygen atoms in total. The minimum Gasteiger partial charge on any atom is -0.452 e. The summed E-state index contributed by atoms with van der Waals surface area (Å²) in [7, 11) is -2.45. The number of aromatic nitrogens is 2. The van der Waals surface area contributed by atoms with Crippen molar-refractivity contribution in [2.24, 2.45) is 0 Å². The second-order valence-electron chi connectivity index (χ2n) is 7.39. The molecule has 0 fully saturated rings. The van der Waals surface area contributed by atoms with E-state index in [1.807, 2.05) is 60.7 Å². The summed E-state index contributed by atoms with van der Waals surface area (Å²) >= 11 is 0. The molecule has 35 heavy (non-hydrogen) atoms. The van der Waals surface area contributed by atoms with E-state index in [0.29, 0.717) is 11.5 Å². The Morgan fingerprint density at radius 2 is 1.60 bits per heavy atom. The normalized spacial score (nSPS) is 11.1. The number of nitrogens with zero attached hydrogens (tertiary/aromatic N) is 2. The maximum Gasteiger partial charge on any atom is 0.338 e. The molecule has 0 saturated carbocycles. The van der Waals surface area contributed by atoms with E-state index in [1.165, 1.54) is 31.3 Å². The van der Waals surface area contributed by atoms with E-state index >= 15 is 0 Å². The fourth-order valence-electron chi connectivity index (χ4n) is 3.29. The topological polar surface area (TPSA) is 119 Å². The van der Waals surface area contributed by atoms with Crippen molar-refractivity contribution in [2.45, 2.75) is 4.90 Å². The molecule has 0 aliphatic rings. The summed E-state index contributed by atoms with van der Waals surface area (Å²) in [6.07, 6.45) is 0. The number of anilines is 1. The Morgan fingerprint density at radius 1 is 0.914 bits per heavy atom. The highest BCUT2D eigenvalue weighted by Crippen LogP contribution is 2.24. The molecular formula is C25H22N4O5S. The second-order valence-corrected chi connectivity index (χ2v) is 9.27. The summed E-state index contributed by atoms with van der Waals surface area (Å²) in [5, 5.41) is 7.35. The molecule has 0 radical (unpaired) electrons. The van der Waals surface area contributed by atoms with Crippen molar-refractivity contribution in [3.8, 4) is 16.9 Å². The Balaban J connectivity index is 1.50. The van der Waals surface area contributed by atoms with Gasteiger partial charge in [0.15, 0.2) is 6.61 Å². The number of hydrogen-bond donors (Lipinski definition) is 2. The summed E-state index contributed by atoms with van der Waals surface area (Å²) in [6, 6.07) is 25.9. The van der Waals surface area contributed by atoms with Gasteiger partial charge in [-0.25, -0.2) is 22.6 Å². The molecule has 0 aliphatic heterocycles. The van der Waals surface area contributed by atoms with Crippen LogP contribution in [0.2, 0.25) is 0 Å². The Labute approximate surface area is 202 Å².